The Hall–Kier alpha value is -3.69. The Bertz CT molecular complexity index is 1600. The normalized spacial score (nSPS) is 21.3. The third-order valence-corrected chi connectivity index (χ3v) is 9.53. The lowest BCUT2D eigenvalue weighted by Crippen LogP contribution is -2.56. The van der Waals surface area contributed by atoms with E-state index in [-0.39, 0.29) is 6.42 Å². The Morgan fingerprint density at radius 1 is 0.978 bits per heavy atom. The third-order valence-electron chi connectivity index (χ3n) is 8.94. The van der Waals surface area contributed by atoms with E-state index >= 15 is 0 Å². The molecule has 0 spiro atoms. The molecule has 0 saturated heterocycles. The van der Waals surface area contributed by atoms with Crippen LogP contribution in [0, 0.1) is 39.5 Å². The number of ether oxygens (including phenoxy) is 2. The molecule has 9 heteroatoms. The van der Waals surface area contributed by atoms with Crippen molar-refractivity contribution in [3.05, 3.63) is 80.8 Å². The van der Waals surface area contributed by atoms with Gasteiger partial charge in [-0.15, -0.1) is 0 Å². The van der Waals surface area contributed by atoms with Crippen LogP contribution < -0.4 is 20.1 Å². The van der Waals surface area contributed by atoms with Crippen LogP contribution >= 0.6 is 15.9 Å². The molecule has 4 atom stereocenters. The molecule has 0 aliphatic heterocycles. The van der Waals surface area contributed by atoms with Gasteiger partial charge in [-0.05, 0) is 109 Å². The molecule has 45 heavy (non-hydrogen) atoms. The van der Waals surface area contributed by atoms with Gasteiger partial charge in [0, 0.05) is 23.7 Å². The van der Waals surface area contributed by atoms with Crippen molar-refractivity contribution in [2.24, 2.45) is 11.8 Å². The zero-order valence-electron chi connectivity index (χ0n) is 27.0. The quantitative estimate of drug-likeness (QED) is 0.155. The fourth-order valence-corrected chi connectivity index (χ4v) is 6.65. The first-order valence-electron chi connectivity index (χ1n) is 15.3. The molecular formula is C36H43BrN2O6. The van der Waals surface area contributed by atoms with Gasteiger partial charge in [0.2, 0.25) is 11.8 Å². The number of carbonyl (C=O) groups excluding carboxylic acids is 3. The molecule has 4 unspecified atom stereocenters. The number of amides is 2. The molecule has 1 aliphatic carbocycles. The molecule has 0 aromatic heterocycles. The first-order valence-corrected chi connectivity index (χ1v) is 16.1. The van der Waals surface area contributed by atoms with Gasteiger partial charge in [0.05, 0.1) is 29.7 Å². The van der Waals surface area contributed by atoms with Gasteiger partial charge in [0.1, 0.15) is 11.7 Å². The number of anilines is 2. The largest absolute Gasteiger partial charge is 0.493 e. The molecule has 1 aliphatic rings. The summed E-state index contributed by atoms with van der Waals surface area (Å²) in [5, 5.41) is 17.7. The number of carbonyl (C=O) groups is 3. The smallest absolute Gasteiger partial charge is 0.235 e. The number of halogens is 1. The van der Waals surface area contributed by atoms with Crippen LogP contribution in [0.5, 0.6) is 11.5 Å². The van der Waals surface area contributed by atoms with E-state index in [1.54, 1.807) is 24.3 Å². The Morgan fingerprint density at radius 3 is 2.11 bits per heavy atom. The number of hydrogen-bond donors (Lipinski definition) is 3. The number of unbranched alkanes of at least 4 members (excludes halogenated alkanes) is 1. The molecule has 1 saturated carbocycles. The summed E-state index contributed by atoms with van der Waals surface area (Å²) in [4.78, 5) is 42.3. The minimum atomic E-state index is -1.75. The number of hydrogen-bond acceptors (Lipinski definition) is 6. The Balaban J connectivity index is 1.87. The summed E-state index contributed by atoms with van der Waals surface area (Å²) in [6, 6.07) is 14.6. The van der Waals surface area contributed by atoms with Crippen molar-refractivity contribution in [3.8, 4) is 11.5 Å². The number of aryl methyl sites for hydroxylation is 2. The van der Waals surface area contributed by atoms with Gasteiger partial charge in [0.15, 0.2) is 11.5 Å². The van der Waals surface area contributed by atoms with Crippen molar-refractivity contribution >= 4 is 44.9 Å². The predicted octanol–water partition coefficient (Wildman–Crippen LogP) is 7.19. The Morgan fingerprint density at radius 2 is 1.56 bits per heavy atom. The zero-order valence-corrected chi connectivity index (χ0v) is 28.6. The molecule has 0 radical (unpaired) electrons. The van der Waals surface area contributed by atoms with Crippen molar-refractivity contribution in [2.45, 2.75) is 72.3 Å². The number of benzene rings is 3. The lowest BCUT2D eigenvalue weighted by molar-refractivity contribution is -0.150. The van der Waals surface area contributed by atoms with Gasteiger partial charge < -0.3 is 25.2 Å². The van der Waals surface area contributed by atoms with E-state index in [2.05, 4.69) is 33.5 Å². The van der Waals surface area contributed by atoms with E-state index in [4.69, 9.17) is 9.47 Å². The van der Waals surface area contributed by atoms with Gasteiger partial charge in [-0.1, -0.05) is 37.6 Å². The molecule has 3 N–H and O–H groups in total. The molecule has 240 valence electrons. The SMILES string of the molecule is CCCCOc1c(Br)cc(C2C(C(=O)Nc3cccc(C)c3C)C(=O)CC(C)(O)C2C(=O)Nc2cccc(C)c2C)cc1OC. The number of ketones is 1. The summed E-state index contributed by atoms with van der Waals surface area (Å²) in [5.74, 6) is -4.11. The highest BCUT2D eigenvalue weighted by Crippen LogP contribution is 2.49. The summed E-state index contributed by atoms with van der Waals surface area (Å²) < 4.78 is 12.3. The van der Waals surface area contributed by atoms with Crippen LogP contribution in [0.4, 0.5) is 11.4 Å². The number of nitrogens with one attached hydrogen (secondary N) is 2. The van der Waals surface area contributed by atoms with Crippen molar-refractivity contribution in [3.63, 3.8) is 0 Å². The molecule has 0 heterocycles. The Labute approximate surface area is 274 Å². The molecule has 3 aromatic carbocycles. The summed E-state index contributed by atoms with van der Waals surface area (Å²) in [7, 11) is 1.51. The first kappa shape index (κ1) is 34.2. The van der Waals surface area contributed by atoms with Crippen molar-refractivity contribution < 1.29 is 29.0 Å². The van der Waals surface area contributed by atoms with Crippen molar-refractivity contribution in [2.75, 3.05) is 24.4 Å². The lowest BCUT2D eigenvalue weighted by atomic mass is 9.61. The van der Waals surface area contributed by atoms with E-state index in [0.717, 1.165) is 35.1 Å². The molecule has 1 fully saturated rings. The highest BCUT2D eigenvalue weighted by atomic mass is 79.9. The van der Waals surface area contributed by atoms with Gasteiger partial charge in [-0.25, -0.2) is 0 Å². The van der Waals surface area contributed by atoms with E-state index in [1.807, 2.05) is 52.0 Å². The standard InChI is InChI=1S/C36H43BrN2O6/c1-8-9-16-45-33-25(37)17-24(18-29(33)44-7)30-31(34(41)38-26-14-10-12-20(2)22(26)4)28(40)19-36(6,43)32(30)35(42)39-27-15-11-13-21(3)23(27)5/h10-15,17-18,30-32,43H,8-9,16,19H2,1-7H3,(H,38,41)(H,39,42). The summed E-state index contributed by atoms with van der Waals surface area (Å²) in [5.41, 5.74) is 3.65. The minimum Gasteiger partial charge on any atom is -0.493 e. The van der Waals surface area contributed by atoms with Gasteiger partial charge >= 0.3 is 0 Å². The fourth-order valence-electron chi connectivity index (χ4n) is 6.08. The van der Waals surface area contributed by atoms with Crippen LogP contribution in [0.1, 0.15) is 66.8 Å². The van der Waals surface area contributed by atoms with Gasteiger partial charge in [0.25, 0.3) is 0 Å². The third kappa shape index (κ3) is 7.25. The van der Waals surface area contributed by atoms with Crippen molar-refractivity contribution in [1.29, 1.82) is 0 Å². The van der Waals surface area contributed by atoms with Crippen LogP contribution in [-0.2, 0) is 14.4 Å². The highest BCUT2D eigenvalue weighted by molar-refractivity contribution is 9.10. The summed E-state index contributed by atoms with van der Waals surface area (Å²) >= 11 is 3.60. The highest BCUT2D eigenvalue weighted by Gasteiger charge is 2.56. The number of aliphatic hydroxyl groups is 1. The average molecular weight is 680 g/mol. The molecule has 0 bridgehead atoms. The van der Waals surface area contributed by atoms with E-state index in [1.165, 1.54) is 14.0 Å². The van der Waals surface area contributed by atoms with Crippen LogP contribution in [0.25, 0.3) is 0 Å². The maximum atomic E-state index is 14.3. The van der Waals surface area contributed by atoms with E-state index < -0.39 is 41.0 Å². The van der Waals surface area contributed by atoms with Crippen LogP contribution in [-0.4, -0.2) is 42.0 Å². The number of rotatable bonds is 10. The second kappa shape index (κ2) is 14.2. The summed E-state index contributed by atoms with van der Waals surface area (Å²) in [6.45, 7) is 11.7. The van der Waals surface area contributed by atoms with Gasteiger partial charge in [-0.2, -0.15) is 0 Å². The second-order valence-electron chi connectivity index (χ2n) is 12.2. The predicted molar refractivity (Wildman–Crippen MR) is 180 cm³/mol. The molecule has 2 amide bonds. The topological polar surface area (TPSA) is 114 Å². The van der Waals surface area contributed by atoms with E-state index in [0.29, 0.717) is 39.5 Å². The second-order valence-corrected chi connectivity index (χ2v) is 13.0. The minimum absolute atomic E-state index is 0.365. The van der Waals surface area contributed by atoms with Gasteiger partial charge in [-0.3, -0.25) is 14.4 Å². The van der Waals surface area contributed by atoms with Crippen molar-refractivity contribution in [1.82, 2.24) is 0 Å². The average Bonchev–Trinajstić information content (AvgIpc) is 2.97. The zero-order chi connectivity index (χ0) is 33.1. The van der Waals surface area contributed by atoms with E-state index in [9.17, 15) is 19.5 Å². The fraction of sp³-hybridized carbons (Fsp3) is 0.417. The van der Waals surface area contributed by atoms with Crippen LogP contribution in [0.2, 0.25) is 0 Å². The number of methoxy groups -OCH3 is 1. The monoisotopic (exact) mass is 678 g/mol. The Kier molecular flexibility index (Phi) is 10.8. The summed E-state index contributed by atoms with van der Waals surface area (Å²) in [6.07, 6.45) is 1.43. The number of Topliss-reactive ketones (excluding diaryl/α,β-unsaturated/α-hetero) is 1. The molecular weight excluding hydrogens is 636 g/mol. The van der Waals surface area contributed by atoms with Crippen LogP contribution in [0.15, 0.2) is 53.0 Å². The molecule has 4 rings (SSSR count). The molecule has 8 nitrogen and oxygen atoms in total. The first-order chi connectivity index (χ1) is 21.3. The maximum absolute atomic E-state index is 14.3. The lowest BCUT2D eigenvalue weighted by Gasteiger charge is -2.44. The maximum Gasteiger partial charge on any atom is 0.235 e. The van der Waals surface area contributed by atoms with Crippen LogP contribution in [0.3, 0.4) is 0 Å². The molecule has 3 aromatic rings.